The van der Waals surface area contributed by atoms with Crippen LogP contribution >= 0.6 is 0 Å². The number of carboxylic acids is 1. The van der Waals surface area contributed by atoms with Gasteiger partial charge in [-0.15, -0.1) is 0 Å². The van der Waals surface area contributed by atoms with E-state index in [1.165, 1.54) is 67.0 Å². The zero-order valence-corrected chi connectivity index (χ0v) is 39.9. The van der Waals surface area contributed by atoms with Crippen LogP contribution in [0.5, 0.6) is 5.75 Å². The minimum Gasteiger partial charge on any atom is -0.496 e. The minimum atomic E-state index is -4.68. The zero-order valence-electron chi connectivity index (χ0n) is 39.9. The second-order valence-electron chi connectivity index (χ2n) is 18.1. The van der Waals surface area contributed by atoms with Gasteiger partial charge in [0.25, 0.3) is 0 Å². The quantitative estimate of drug-likeness (QED) is 0.186. The van der Waals surface area contributed by atoms with Gasteiger partial charge >= 0.3 is 18.2 Å². The van der Waals surface area contributed by atoms with Crippen molar-refractivity contribution in [3.63, 3.8) is 0 Å². The smallest absolute Gasteiger partial charge is 0.419 e. The Kier molecular flexibility index (Phi) is 17.9. The van der Waals surface area contributed by atoms with Crippen LogP contribution in [-0.4, -0.2) is 163 Å². The number of likely N-dealkylation sites (tertiary alicyclic amines) is 1. The molecule has 2 aromatic carbocycles. The molecule has 17 nitrogen and oxygen atoms in total. The molecule has 374 valence electrons. The zero-order chi connectivity index (χ0) is 50.1. The number of benzene rings is 2. The molecule has 2 aliphatic carbocycles. The molecule has 3 aliphatic rings. The number of likely N-dealkylation sites (N-methyl/N-ethyl adjacent to an activating group) is 4. The highest BCUT2D eigenvalue weighted by atomic mass is 19.4. The maximum atomic E-state index is 15.0. The summed E-state index contributed by atoms with van der Waals surface area (Å²) in [4.78, 5) is 104. The Morgan fingerprint density at radius 3 is 2.12 bits per heavy atom. The van der Waals surface area contributed by atoms with Crippen molar-refractivity contribution < 1.29 is 66.1 Å². The van der Waals surface area contributed by atoms with E-state index in [4.69, 9.17) is 14.2 Å². The van der Waals surface area contributed by atoms with Crippen molar-refractivity contribution in [1.82, 2.24) is 29.8 Å². The van der Waals surface area contributed by atoms with Gasteiger partial charge in [-0.25, -0.2) is 4.79 Å². The lowest BCUT2D eigenvalue weighted by molar-refractivity contribution is -0.166. The third kappa shape index (κ3) is 12.2. The van der Waals surface area contributed by atoms with Gasteiger partial charge in [-0.3, -0.25) is 28.8 Å². The Balaban J connectivity index is 1.43. The first-order chi connectivity index (χ1) is 32.1. The van der Waals surface area contributed by atoms with Crippen molar-refractivity contribution >= 4 is 41.6 Å². The monoisotopic (exact) mass is 958 g/mol. The van der Waals surface area contributed by atoms with Crippen LogP contribution in [0.2, 0.25) is 0 Å². The lowest BCUT2D eigenvalue weighted by Gasteiger charge is -2.51. The number of aliphatic carboxylic acids is 1. The van der Waals surface area contributed by atoms with Crippen LogP contribution < -0.4 is 10.1 Å². The number of carboxylic acid groups (broad SMARTS) is 1. The molecule has 5 atom stereocenters. The summed E-state index contributed by atoms with van der Waals surface area (Å²) in [6.45, 7) is 1.82. The lowest BCUT2D eigenvalue weighted by atomic mass is 9.73. The molecule has 20 heteroatoms. The van der Waals surface area contributed by atoms with E-state index in [1.807, 2.05) is 0 Å². The second-order valence-corrected chi connectivity index (χ2v) is 18.1. The number of carbonyl (C=O) groups excluding carboxylic acids is 6. The Bertz CT molecular complexity index is 2130. The van der Waals surface area contributed by atoms with Gasteiger partial charge in [0.05, 0.1) is 25.2 Å². The summed E-state index contributed by atoms with van der Waals surface area (Å²) in [5, 5.41) is 12.3. The first-order valence-electron chi connectivity index (χ1n) is 23.0. The Morgan fingerprint density at radius 2 is 1.56 bits per heavy atom. The number of halogens is 3. The van der Waals surface area contributed by atoms with Gasteiger partial charge in [0, 0.05) is 54.8 Å². The molecule has 1 aliphatic heterocycles. The summed E-state index contributed by atoms with van der Waals surface area (Å²) in [6, 6.07) is 7.23. The molecule has 0 radical (unpaired) electrons. The number of alkyl carbamates (subject to hydrolysis) is 1. The van der Waals surface area contributed by atoms with E-state index in [0.717, 1.165) is 30.9 Å². The number of methoxy groups -OCH3 is 1. The first kappa shape index (κ1) is 53.0. The molecule has 5 rings (SSSR count). The van der Waals surface area contributed by atoms with E-state index < -0.39 is 101 Å². The summed E-state index contributed by atoms with van der Waals surface area (Å²) in [5.41, 5.74) is -1.36. The summed E-state index contributed by atoms with van der Waals surface area (Å²) >= 11 is 0. The molecule has 0 unspecified atom stereocenters. The fraction of sp³-hybridized carbons (Fsp3) is 0.604. The largest absolute Gasteiger partial charge is 0.496 e. The Hall–Kier alpha value is -5.92. The molecular weight excluding hydrogens is 894 g/mol. The number of ether oxygens (including phenoxy) is 3. The number of nitrogens with one attached hydrogen (secondary N) is 1. The molecule has 6 amide bonds. The third-order valence-corrected chi connectivity index (χ3v) is 13.6. The first-order valence-corrected chi connectivity index (χ1v) is 23.0. The average Bonchev–Trinajstić information content (AvgIpc) is 3.98. The number of alkyl halides is 3. The molecule has 1 saturated heterocycles. The summed E-state index contributed by atoms with van der Waals surface area (Å²) in [7, 11) is 8.37. The fourth-order valence-corrected chi connectivity index (χ4v) is 9.70. The van der Waals surface area contributed by atoms with E-state index in [1.54, 1.807) is 37.3 Å². The van der Waals surface area contributed by atoms with Crippen LogP contribution in [0.3, 0.4) is 0 Å². The number of amides is 6. The van der Waals surface area contributed by atoms with Crippen LogP contribution in [0.15, 0.2) is 48.5 Å². The van der Waals surface area contributed by atoms with Crippen molar-refractivity contribution in [1.29, 1.82) is 0 Å². The highest BCUT2D eigenvalue weighted by molar-refractivity contribution is 5.99. The fourth-order valence-electron chi connectivity index (χ4n) is 9.70. The summed E-state index contributed by atoms with van der Waals surface area (Å²) in [6.07, 6.45) is -3.11. The van der Waals surface area contributed by atoms with Crippen LogP contribution in [0.25, 0.3) is 0 Å². The minimum absolute atomic E-state index is 0.00545. The molecule has 0 spiro atoms. The van der Waals surface area contributed by atoms with Crippen molar-refractivity contribution in [3.05, 3.63) is 65.2 Å². The highest BCUT2D eigenvalue weighted by Gasteiger charge is 2.56. The van der Waals surface area contributed by atoms with E-state index in [9.17, 15) is 51.8 Å². The molecule has 0 bridgehead atoms. The maximum absolute atomic E-state index is 15.0. The number of hydrogen-bond donors (Lipinski definition) is 2. The van der Waals surface area contributed by atoms with Gasteiger partial charge in [-0.05, 0) is 81.0 Å². The van der Waals surface area contributed by atoms with Crippen molar-refractivity contribution in [2.45, 2.75) is 126 Å². The van der Waals surface area contributed by atoms with Gasteiger partial charge in [0.15, 0.2) is 0 Å². The molecule has 2 N–H and O–H groups in total. The van der Waals surface area contributed by atoms with Crippen molar-refractivity contribution in [2.75, 3.05) is 55.5 Å². The van der Waals surface area contributed by atoms with Gasteiger partial charge < -0.3 is 49.1 Å². The molecular formula is C48H65F3N6O11. The summed E-state index contributed by atoms with van der Waals surface area (Å²) in [5.74, 6) is -4.98. The van der Waals surface area contributed by atoms with Crippen LogP contribution in [0.1, 0.15) is 87.8 Å². The number of nitrogens with zero attached hydrogens (tertiary/aromatic N) is 5. The second kappa shape index (κ2) is 22.9. The van der Waals surface area contributed by atoms with Gasteiger partial charge in [-0.1, -0.05) is 49.2 Å². The van der Waals surface area contributed by atoms with Gasteiger partial charge in [0.1, 0.15) is 42.1 Å². The standard InChI is InChI=1S/C48H65F3N6O11/c1-8-67-33-26-37(57(28-33)41(60)35(52-46(65)68-29-31-15-10-9-11-16-31)22-20-30-19-21-34(48(49,50)51)38(25-30)66-7)43(62)56(6)47(23-14-24-47)45(64)55(5)40(32-17-12-13-18-32)44(63)54(4)36(27-39(58)59)42(61)53(2)3/h9-11,15-16,19,21,25,32-33,35-37,40H,8,12-14,17-18,20,22-24,26-29H2,1-7H3,(H,52,65)(H,58,59)/t33-,35+,36+,37+,40+/m1/s1. The molecule has 1 heterocycles. The van der Waals surface area contributed by atoms with Crippen molar-refractivity contribution in [3.8, 4) is 5.75 Å². The van der Waals surface area contributed by atoms with E-state index >= 15 is 0 Å². The molecule has 2 saturated carbocycles. The number of carbonyl (C=O) groups is 7. The van der Waals surface area contributed by atoms with Crippen LogP contribution in [-0.2, 0) is 57.4 Å². The van der Waals surface area contributed by atoms with E-state index in [-0.39, 0.29) is 57.8 Å². The molecule has 68 heavy (non-hydrogen) atoms. The van der Waals surface area contributed by atoms with E-state index in [0.29, 0.717) is 30.4 Å². The lowest BCUT2D eigenvalue weighted by Crippen LogP contribution is -2.68. The molecule has 0 aromatic heterocycles. The molecule has 2 aromatic rings. The predicted octanol–water partition coefficient (Wildman–Crippen LogP) is 4.74. The SMILES string of the molecule is CCO[C@@H]1C[C@@H](C(=O)N(C)C2(C(=O)N(C)[C@H](C(=O)N(C)[C@@H](CC(=O)O)C(=O)N(C)C)C3CCCC3)CCC2)N(C(=O)[C@H](CCc2ccc(C(F)(F)F)c(OC)c2)NC(=O)OCc2ccccc2)C1. The predicted molar refractivity (Wildman–Crippen MR) is 241 cm³/mol. The number of hydrogen-bond acceptors (Lipinski definition) is 10. The maximum Gasteiger partial charge on any atom is 0.419 e. The highest BCUT2D eigenvalue weighted by Crippen LogP contribution is 2.42. The third-order valence-electron chi connectivity index (χ3n) is 13.6. The van der Waals surface area contributed by atoms with Gasteiger partial charge in [-0.2, -0.15) is 13.2 Å². The van der Waals surface area contributed by atoms with Crippen LogP contribution in [0, 0.1) is 5.92 Å². The van der Waals surface area contributed by atoms with Crippen molar-refractivity contribution in [2.24, 2.45) is 5.92 Å². The summed E-state index contributed by atoms with van der Waals surface area (Å²) < 4.78 is 57.5. The van der Waals surface area contributed by atoms with E-state index in [2.05, 4.69) is 5.32 Å². The Morgan fingerprint density at radius 1 is 0.897 bits per heavy atom. The van der Waals surface area contributed by atoms with Gasteiger partial charge in [0.2, 0.25) is 29.5 Å². The Labute approximate surface area is 395 Å². The average molecular weight is 959 g/mol. The number of aryl methyl sites for hydroxylation is 1. The number of rotatable bonds is 20. The topological polar surface area (TPSA) is 196 Å². The molecule has 3 fully saturated rings. The van der Waals surface area contributed by atoms with Crippen LogP contribution in [0.4, 0.5) is 18.0 Å². The normalized spacial score (nSPS) is 19.2.